The molecule has 3 aromatic carbocycles. The Morgan fingerprint density at radius 1 is 0.903 bits per heavy atom. The lowest BCUT2D eigenvalue weighted by Crippen LogP contribution is -2.22. The highest BCUT2D eigenvalue weighted by Gasteiger charge is 2.15. The van der Waals surface area contributed by atoms with Gasteiger partial charge < -0.3 is 4.74 Å². The zero-order valence-corrected chi connectivity index (χ0v) is 17.2. The molecule has 0 atom stereocenters. The number of benzene rings is 3. The van der Waals surface area contributed by atoms with Crippen molar-refractivity contribution in [3.8, 4) is 16.9 Å². The molecule has 0 spiro atoms. The second kappa shape index (κ2) is 9.85. The molecule has 0 aromatic heterocycles. The fourth-order valence-electron chi connectivity index (χ4n) is 3.55. The highest BCUT2D eigenvalue weighted by molar-refractivity contribution is 6.04. The van der Waals surface area contributed by atoms with Crippen molar-refractivity contribution in [2.75, 3.05) is 0 Å². The van der Waals surface area contributed by atoms with E-state index < -0.39 is 0 Å². The van der Waals surface area contributed by atoms with Gasteiger partial charge in [-0.2, -0.15) is 5.10 Å². The van der Waals surface area contributed by atoms with E-state index >= 15 is 0 Å². The van der Waals surface area contributed by atoms with Crippen molar-refractivity contribution in [3.05, 3.63) is 90.0 Å². The summed E-state index contributed by atoms with van der Waals surface area (Å²) in [6, 6.07) is 25.3. The molecule has 0 heterocycles. The Bertz CT molecular complexity index is 1090. The summed E-state index contributed by atoms with van der Waals surface area (Å²) >= 11 is 0. The molecule has 0 aliphatic heterocycles. The molecule has 3 aromatic rings. The molecule has 4 rings (SSSR count). The van der Waals surface area contributed by atoms with Crippen LogP contribution in [0.5, 0.6) is 5.75 Å². The third-order valence-corrected chi connectivity index (χ3v) is 5.22. The Balaban J connectivity index is 1.37. The molecule has 0 bridgehead atoms. The number of carbonyl (C=O) groups excluding carboxylic acids is 2. The number of ketones is 1. The Morgan fingerprint density at radius 2 is 1.65 bits per heavy atom. The van der Waals surface area contributed by atoms with Gasteiger partial charge in [-0.05, 0) is 42.2 Å². The molecule has 1 aliphatic rings. The van der Waals surface area contributed by atoms with Crippen LogP contribution in [0.2, 0.25) is 0 Å². The van der Waals surface area contributed by atoms with Crippen LogP contribution in [0.1, 0.15) is 41.6 Å². The van der Waals surface area contributed by atoms with Gasteiger partial charge in [0.05, 0.1) is 0 Å². The Hall–Kier alpha value is -3.73. The normalized spacial score (nSPS) is 15.0. The summed E-state index contributed by atoms with van der Waals surface area (Å²) in [4.78, 5) is 23.8. The quantitative estimate of drug-likeness (QED) is 0.569. The van der Waals surface area contributed by atoms with Crippen LogP contribution >= 0.6 is 0 Å². The highest BCUT2D eigenvalue weighted by Crippen LogP contribution is 2.30. The predicted octanol–water partition coefficient (Wildman–Crippen LogP) is 5.16. The number of Topliss-reactive ketones (excluding diaryl/α,β-unsaturated/α-hetero) is 1. The van der Waals surface area contributed by atoms with Gasteiger partial charge >= 0.3 is 0 Å². The second-order valence-electron chi connectivity index (χ2n) is 7.54. The molecular weight excluding hydrogens is 388 g/mol. The van der Waals surface area contributed by atoms with E-state index in [1.54, 1.807) is 12.1 Å². The first-order valence-electron chi connectivity index (χ1n) is 10.4. The van der Waals surface area contributed by atoms with Crippen molar-refractivity contribution >= 4 is 17.4 Å². The van der Waals surface area contributed by atoms with Crippen LogP contribution in [0, 0.1) is 0 Å². The van der Waals surface area contributed by atoms with E-state index in [-0.39, 0.29) is 11.7 Å². The van der Waals surface area contributed by atoms with Crippen LogP contribution in [0.3, 0.4) is 0 Å². The van der Waals surface area contributed by atoms with Gasteiger partial charge in [-0.15, -0.1) is 0 Å². The molecule has 1 N–H and O–H groups in total. The number of ether oxygens (including phenoxy) is 1. The van der Waals surface area contributed by atoms with Gasteiger partial charge in [0.1, 0.15) is 18.1 Å². The van der Waals surface area contributed by atoms with E-state index in [1.165, 1.54) is 0 Å². The average Bonchev–Trinajstić information content (AvgIpc) is 2.82. The number of carbonyl (C=O) groups is 2. The minimum absolute atomic E-state index is 0.178. The van der Waals surface area contributed by atoms with E-state index in [9.17, 15) is 9.59 Å². The van der Waals surface area contributed by atoms with E-state index in [2.05, 4.69) is 22.7 Å². The van der Waals surface area contributed by atoms with Crippen molar-refractivity contribution < 1.29 is 14.3 Å². The van der Waals surface area contributed by atoms with Gasteiger partial charge in [0.2, 0.25) is 0 Å². The van der Waals surface area contributed by atoms with Crippen molar-refractivity contribution in [2.45, 2.75) is 32.3 Å². The van der Waals surface area contributed by atoms with Crippen LogP contribution in [-0.2, 0) is 11.4 Å². The van der Waals surface area contributed by atoms with E-state index in [4.69, 9.17) is 4.74 Å². The second-order valence-corrected chi connectivity index (χ2v) is 7.54. The largest absolute Gasteiger partial charge is 0.488 e. The third kappa shape index (κ3) is 5.45. The molecule has 1 saturated carbocycles. The number of nitrogens with one attached hydrogen (secondary N) is 1. The first-order valence-corrected chi connectivity index (χ1v) is 10.4. The fraction of sp³-hybridized carbons (Fsp3) is 0.192. The van der Waals surface area contributed by atoms with Crippen molar-refractivity contribution in [2.24, 2.45) is 5.10 Å². The van der Waals surface area contributed by atoms with Gasteiger partial charge in [0.25, 0.3) is 5.91 Å². The van der Waals surface area contributed by atoms with Crippen molar-refractivity contribution in [1.82, 2.24) is 5.43 Å². The lowest BCUT2D eigenvalue weighted by molar-refractivity contribution is -0.118. The summed E-state index contributed by atoms with van der Waals surface area (Å²) in [5, 5.41) is 4.12. The first-order chi connectivity index (χ1) is 15.2. The molecule has 1 fully saturated rings. The number of hydrogen-bond donors (Lipinski definition) is 1. The molecule has 1 amide bonds. The van der Waals surface area contributed by atoms with Crippen LogP contribution in [-0.4, -0.2) is 17.4 Å². The van der Waals surface area contributed by atoms with Crippen LogP contribution in [0.15, 0.2) is 84.0 Å². The molecule has 0 unspecified atom stereocenters. The zero-order chi connectivity index (χ0) is 21.5. The van der Waals surface area contributed by atoms with Gasteiger partial charge in [0, 0.05) is 29.7 Å². The predicted molar refractivity (Wildman–Crippen MR) is 121 cm³/mol. The molecule has 0 saturated heterocycles. The Kier molecular flexibility index (Phi) is 6.53. The molecule has 156 valence electrons. The number of hydrazone groups is 1. The summed E-state index contributed by atoms with van der Waals surface area (Å²) in [6.07, 6.45) is 2.50. The van der Waals surface area contributed by atoms with Crippen LogP contribution in [0.4, 0.5) is 0 Å². The Morgan fingerprint density at radius 3 is 2.42 bits per heavy atom. The lowest BCUT2D eigenvalue weighted by atomic mass is 9.97. The highest BCUT2D eigenvalue weighted by atomic mass is 16.5. The average molecular weight is 412 g/mol. The summed E-state index contributed by atoms with van der Waals surface area (Å²) in [6.45, 7) is 0.399. The van der Waals surface area contributed by atoms with Crippen LogP contribution < -0.4 is 10.2 Å². The van der Waals surface area contributed by atoms with Gasteiger partial charge in [0.15, 0.2) is 0 Å². The van der Waals surface area contributed by atoms with E-state index in [0.29, 0.717) is 25.0 Å². The third-order valence-electron chi connectivity index (χ3n) is 5.22. The summed E-state index contributed by atoms with van der Waals surface area (Å²) in [7, 11) is 0. The molecular formula is C26H24N2O3. The number of para-hydroxylation sites is 1. The molecule has 5 heteroatoms. The van der Waals surface area contributed by atoms with Crippen molar-refractivity contribution in [1.29, 1.82) is 0 Å². The van der Waals surface area contributed by atoms with Crippen LogP contribution in [0.25, 0.3) is 11.1 Å². The van der Waals surface area contributed by atoms with Crippen molar-refractivity contribution in [3.63, 3.8) is 0 Å². The SMILES string of the molecule is O=C1CCC/C(=N\NC(=O)c2ccc(COc3ccccc3-c3ccccc3)cc2)C1. The van der Waals surface area contributed by atoms with E-state index in [1.807, 2.05) is 54.6 Å². The van der Waals surface area contributed by atoms with E-state index in [0.717, 1.165) is 41.0 Å². The standard InChI is InChI=1S/C26H24N2O3/c29-23-10-6-9-22(17-23)27-28-26(30)21-15-13-19(14-16-21)18-31-25-12-5-4-11-24(25)20-7-2-1-3-8-20/h1-5,7-8,11-16H,6,9-10,17-18H2,(H,28,30)/b27-22+. The summed E-state index contributed by atoms with van der Waals surface area (Å²) < 4.78 is 6.06. The maximum absolute atomic E-state index is 12.3. The maximum atomic E-state index is 12.3. The first kappa shape index (κ1) is 20.5. The lowest BCUT2D eigenvalue weighted by Gasteiger charge is -2.12. The molecule has 5 nitrogen and oxygen atoms in total. The summed E-state index contributed by atoms with van der Waals surface area (Å²) in [5.41, 5.74) is 6.92. The van der Waals surface area contributed by atoms with Gasteiger partial charge in [-0.25, -0.2) is 5.43 Å². The molecule has 1 aliphatic carbocycles. The molecule has 31 heavy (non-hydrogen) atoms. The fourth-order valence-corrected chi connectivity index (χ4v) is 3.55. The number of amides is 1. The van der Waals surface area contributed by atoms with Gasteiger partial charge in [-0.3, -0.25) is 9.59 Å². The number of nitrogens with zero attached hydrogens (tertiary/aromatic N) is 1. The number of rotatable bonds is 6. The number of hydrogen-bond acceptors (Lipinski definition) is 4. The van der Waals surface area contributed by atoms with Gasteiger partial charge in [-0.1, -0.05) is 60.7 Å². The topological polar surface area (TPSA) is 67.8 Å². The molecule has 0 radical (unpaired) electrons. The monoisotopic (exact) mass is 412 g/mol. The minimum atomic E-state index is -0.285. The maximum Gasteiger partial charge on any atom is 0.271 e. The smallest absolute Gasteiger partial charge is 0.271 e. The minimum Gasteiger partial charge on any atom is -0.488 e. The Labute approximate surface area is 181 Å². The summed E-state index contributed by atoms with van der Waals surface area (Å²) in [5.74, 6) is 0.707. The zero-order valence-electron chi connectivity index (χ0n) is 17.2.